The van der Waals surface area contributed by atoms with Crippen molar-refractivity contribution in [3.05, 3.63) is 171 Å². The summed E-state index contributed by atoms with van der Waals surface area (Å²) in [6.07, 6.45) is 3.75. The van der Waals surface area contributed by atoms with Crippen LogP contribution in [0.1, 0.15) is 84.6 Å². The molecule has 0 N–H and O–H groups in total. The average Bonchev–Trinajstić information content (AvgIpc) is 3.17. The molecule has 0 heterocycles. The smallest absolute Gasteiger partial charge is 0.0226 e. The van der Waals surface area contributed by atoms with Gasteiger partial charge in [0.05, 0.1) is 0 Å². The molecule has 0 fully saturated rings. The molecule has 0 aliphatic rings. The Labute approximate surface area is 366 Å². The third kappa shape index (κ3) is 21.1. The van der Waals surface area contributed by atoms with Crippen LogP contribution in [0.2, 0.25) is 0 Å². The lowest BCUT2D eigenvalue weighted by molar-refractivity contribution is 1.10. The van der Waals surface area contributed by atoms with Crippen LogP contribution in [-0.2, 0) is 11.5 Å². The first-order valence-corrected chi connectivity index (χ1v) is 23.1. The first kappa shape index (κ1) is 52.6. The van der Waals surface area contributed by atoms with E-state index >= 15 is 0 Å². The largest absolute Gasteiger partial charge is 0.157 e. The van der Waals surface area contributed by atoms with Gasteiger partial charge in [-0.3, -0.25) is 0 Å². The van der Waals surface area contributed by atoms with Crippen LogP contribution in [0.15, 0.2) is 153 Å². The number of hydrogen-bond donors (Lipinski definition) is 0. The Morgan fingerprint density at radius 2 is 0.945 bits per heavy atom. The molecule has 0 saturated carbocycles. The van der Waals surface area contributed by atoms with Crippen LogP contribution in [0.5, 0.6) is 0 Å². The highest BCUT2D eigenvalue weighted by Crippen LogP contribution is 2.26. The maximum absolute atomic E-state index is 3.56. The number of hydrogen-bond acceptors (Lipinski definition) is 3. The van der Waals surface area contributed by atoms with Crippen LogP contribution in [0.4, 0.5) is 0 Å². The monoisotopic (exact) mass is 920 g/mol. The summed E-state index contributed by atoms with van der Waals surface area (Å²) < 4.78 is 2.33. The molecule has 5 heteroatoms. The van der Waals surface area contributed by atoms with E-state index < -0.39 is 0 Å². The van der Waals surface area contributed by atoms with E-state index in [2.05, 4.69) is 206 Å². The number of fused-ring (bicyclic) bond motifs is 1. The summed E-state index contributed by atoms with van der Waals surface area (Å²) in [5, 5.41) is 2.67. The summed E-state index contributed by atoms with van der Waals surface area (Å²) in [6.45, 7) is 11.0. The fraction of sp³-hybridized carbons (Fsp3) is 0.320. The van der Waals surface area contributed by atoms with Crippen molar-refractivity contribution in [3.63, 3.8) is 0 Å². The van der Waals surface area contributed by atoms with E-state index in [0.29, 0.717) is 0 Å². The van der Waals surface area contributed by atoms with Gasteiger partial charge in [0, 0.05) is 25.3 Å². The minimum absolute atomic E-state index is 0. The van der Waals surface area contributed by atoms with E-state index in [1.54, 1.807) is 0 Å². The minimum Gasteiger partial charge on any atom is -0.157 e. The molecule has 0 aromatic heterocycles. The van der Waals surface area contributed by atoms with Gasteiger partial charge in [-0.25, -0.2) is 0 Å². The highest BCUT2D eigenvalue weighted by Gasteiger charge is 2.00. The van der Waals surface area contributed by atoms with Crippen LogP contribution in [0, 0.1) is 13.8 Å². The van der Waals surface area contributed by atoms with Crippen molar-refractivity contribution in [3.8, 4) is 11.1 Å². The average molecular weight is 923 g/mol. The Morgan fingerprint density at radius 1 is 0.473 bits per heavy atom. The topological polar surface area (TPSA) is 0 Å². The van der Waals surface area contributed by atoms with E-state index in [4.69, 9.17) is 0 Å². The molecule has 6 aromatic rings. The maximum atomic E-state index is 3.56. The number of rotatable bonds is 12. The number of thioether (sulfide) groups is 3. The van der Waals surface area contributed by atoms with Crippen LogP contribution in [0.3, 0.4) is 0 Å². The van der Waals surface area contributed by atoms with Crippen molar-refractivity contribution in [1.82, 2.24) is 0 Å². The predicted octanol–water partition coefficient (Wildman–Crippen LogP) is 18.4. The van der Waals surface area contributed by atoms with Crippen molar-refractivity contribution in [2.45, 2.75) is 92.6 Å². The zero-order valence-electron chi connectivity index (χ0n) is 31.4. The quantitative estimate of drug-likeness (QED) is 0.0887. The molecule has 6 rings (SSSR count). The van der Waals surface area contributed by atoms with Crippen molar-refractivity contribution in [1.29, 1.82) is 0 Å². The SMILES string of the molecule is C.C.C.CCCSCc1ccc(Br)cc1Br.CCCSCc1ccccc1.CCCSc1ccc(-c2ccccc2)cc1.Cc1cc2ccccc2cc1C. The van der Waals surface area contributed by atoms with Gasteiger partial charge in [0.1, 0.15) is 0 Å². The Balaban J connectivity index is 0.000000701. The molecule has 6 aromatic carbocycles. The van der Waals surface area contributed by atoms with Gasteiger partial charge in [0.15, 0.2) is 0 Å². The van der Waals surface area contributed by atoms with E-state index in [9.17, 15) is 0 Å². The van der Waals surface area contributed by atoms with E-state index in [-0.39, 0.29) is 22.3 Å². The lowest BCUT2D eigenvalue weighted by Gasteiger charge is -2.03. The molecule has 0 aliphatic heterocycles. The Hall–Kier alpha value is -2.41. The van der Waals surface area contributed by atoms with Gasteiger partial charge in [0.2, 0.25) is 0 Å². The molecule has 0 unspecified atom stereocenters. The maximum Gasteiger partial charge on any atom is 0.0226 e. The van der Waals surface area contributed by atoms with Crippen LogP contribution < -0.4 is 0 Å². The third-order valence-electron chi connectivity index (χ3n) is 7.88. The van der Waals surface area contributed by atoms with Crippen LogP contribution >= 0.6 is 67.1 Å². The molecule has 0 radical (unpaired) electrons. The first-order chi connectivity index (χ1) is 25.3. The number of halogens is 2. The van der Waals surface area contributed by atoms with E-state index in [0.717, 1.165) is 16.0 Å². The standard InChI is InChI=1S/C15H16S.C12H12.C10H12Br2S.C10H14S.3CH4/c1-2-12-16-15-10-8-14(9-11-15)13-6-4-3-5-7-13;1-9-7-11-5-3-4-6-12(11)8-10(9)2;1-2-5-13-7-8-3-4-9(11)6-10(8)12;1-2-8-11-9-10-6-4-3-5-7-10;;;/h3-11H,2,12H2,1H3;3-8H,1-2H3;3-4,6H,2,5,7H2,1H3;3-7H,2,8-9H2,1H3;3*1H4. The zero-order chi connectivity index (χ0) is 37.4. The fourth-order valence-corrected chi connectivity index (χ4v) is 8.84. The van der Waals surface area contributed by atoms with Gasteiger partial charge in [0.25, 0.3) is 0 Å². The Morgan fingerprint density at radius 3 is 1.45 bits per heavy atom. The zero-order valence-corrected chi connectivity index (χ0v) is 37.0. The molecule has 0 nitrogen and oxygen atoms in total. The second-order valence-electron chi connectivity index (χ2n) is 12.3. The number of aryl methyl sites for hydroxylation is 2. The normalized spacial score (nSPS) is 9.73. The highest BCUT2D eigenvalue weighted by atomic mass is 79.9. The van der Waals surface area contributed by atoms with E-state index in [1.165, 1.54) is 90.0 Å². The molecule has 0 bridgehead atoms. The van der Waals surface area contributed by atoms with Gasteiger partial charge in [-0.05, 0) is 119 Å². The molecule has 298 valence electrons. The second kappa shape index (κ2) is 31.6. The van der Waals surface area contributed by atoms with Crippen molar-refractivity contribution in [2.75, 3.05) is 17.3 Å². The summed E-state index contributed by atoms with van der Waals surface area (Å²) in [5.41, 5.74) is 8.13. The molecule has 0 atom stereocenters. The summed E-state index contributed by atoms with van der Waals surface area (Å²) in [4.78, 5) is 1.36. The summed E-state index contributed by atoms with van der Waals surface area (Å²) in [5.74, 6) is 5.97. The van der Waals surface area contributed by atoms with Crippen molar-refractivity contribution < 1.29 is 0 Å². The molecular formula is C50H66Br2S3. The molecule has 0 amide bonds. The van der Waals surface area contributed by atoms with Gasteiger partial charge in [-0.15, -0.1) is 11.8 Å². The van der Waals surface area contributed by atoms with Gasteiger partial charge in [-0.1, -0.05) is 190 Å². The molecule has 0 spiro atoms. The lowest BCUT2D eigenvalue weighted by Crippen LogP contribution is -1.84. The minimum atomic E-state index is 0. The Bertz CT molecular complexity index is 1780. The molecule has 55 heavy (non-hydrogen) atoms. The molecular weight excluding hydrogens is 857 g/mol. The highest BCUT2D eigenvalue weighted by molar-refractivity contribution is 9.11. The van der Waals surface area contributed by atoms with Crippen molar-refractivity contribution in [2.24, 2.45) is 0 Å². The molecule has 0 saturated heterocycles. The molecule has 0 aliphatic carbocycles. The van der Waals surface area contributed by atoms with E-state index in [1.807, 2.05) is 35.3 Å². The van der Waals surface area contributed by atoms with Crippen LogP contribution in [0.25, 0.3) is 21.9 Å². The van der Waals surface area contributed by atoms with Crippen molar-refractivity contribution >= 4 is 77.9 Å². The van der Waals surface area contributed by atoms with Crippen LogP contribution in [-0.4, -0.2) is 17.3 Å². The summed E-state index contributed by atoms with van der Waals surface area (Å²) >= 11 is 12.9. The summed E-state index contributed by atoms with van der Waals surface area (Å²) in [7, 11) is 0. The fourth-order valence-electron chi connectivity index (χ4n) is 4.94. The first-order valence-electron chi connectivity index (χ1n) is 18.2. The van der Waals surface area contributed by atoms with Gasteiger partial charge < -0.3 is 0 Å². The number of benzene rings is 6. The Kier molecular flexibility index (Phi) is 30.3. The lowest BCUT2D eigenvalue weighted by atomic mass is 10.0. The summed E-state index contributed by atoms with van der Waals surface area (Å²) in [6, 6.07) is 49.3. The van der Waals surface area contributed by atoms with Gasteiger partial charge in [-0.2, -0.15) is 23.5 Å². The second-order valence-corrected chi connectivity index (χ2v) is 17.5. The van der Waals surface area contributed by atoms with Gasteiger partial charge >= 0.3 is 0 Å². The third-order valence-corrected chi connectivity index (χ3v) is 12.8. The predicted molar refractivity (Wildman–Crippen MR) is 268 cm³/mol.